The molecule has 1 aromatic heterocycles. The lowest BCUT2D eigenvalue weighted by atomic mass is 9.95. The SMILES string of the molecule is Cn1cnc(Cl)c1C1(N)CCCC1. The minimum Gasteiger partial charge on any atom is -0.335 e. The third-order valence-electron chi connectivity index (χ3n) is 2.86. The summed E-state index contributed by atoms with van der Waals surface area (Å²) in [6.45, 7) is 0. The van der Waals surface area contributed by atoms with Gasteiger partial charge in [-0.05, 0) is 12.8 Å². The van der Waals surface area contributed by atoms with Gasteiger partial charge in [-0.15, -0.1) is 0 Å². The minimum absolute atomic E-state index is 0.234. The first-order valence-corrected chi connectivity index (χ1v) is 4.97. The Labute approximate surface area is 82.9 Å². The molecule has 2 N–H and O–H groups in total. The highest BCUT2D eigenvalue weighted by atomic mass is 35.5. The zero-order chi connectivity index (χ0) is 9.47. The summed E-state index contributed by atoms with van der Waals surface area (Å²) in [6, 6.07) is 0. The summed E-state index contributed by atoms with van der Waals surface area (Å²) >= 11 is 6.00. The molecule has 3 nitrogen and oxygen atoms in total. The predicted molar refractivity (Wildman–Crippen MR) is 52.6 cm³/mol. The molecule has 0 unspecified atom stereocenters. The molecule has 1 heterocycles. The molecule has 0 amide bonds. The largest absolute Gasteiger partial charge is 0.335 e. The molecule has 72 valence electrons. The smallest absolute Gasteiger partial charge is 0.152 e. The Morgan fingerprint density at radius 3 is 2.62 bits per heavy atom. The lowest BCUT2D eigenvalue weighted by molar-refractivity contribution is 0.433. The van der Waals surface area contributed by atoms with Crippen LogP contribution >= 0.6 is 11.6 Å². The first-order chi connectivity index (χ1) is 6.13. The number of imidazole rings is 1. The molecule has 0 aliphatic heterocycles. The molecule has 1 fully saturated rings. The number of hydrogen-bond acceptors (Lipinski definition) is 2. The fourth-order valence-electron chi connectivity index (χ4n) is 2.20. The van der Waals surface area contributed by atoms with Gasteiger partial charge >= 0.3 is 0 Å². The van der Waals surface area contributed by atoms with E-state index in [0.717, 1.165) is 18.5 Å². The summed E-state index contributed by atoms with van der Waals surface area (Å²) in [5.74, 6) is 0. The Morgan fingerprint density at radius 1 is 1.54 bits per heavy atom. The molecular formula is C9H14ClN3. The molecule has 0 aromatic carbocycles. The van der Waals surface area contributed by atoms with E-state index in [9.17, 15) is 0 Å². The second-order valence-electron chi connectivity index (χ2n) is 3.86. The van der Waals surface area contributed by atoms with Gasteiger partial charge in [-0.25, -0.2) is 4.98 Å². The topological polar surface area (TPSA) is 43.8 Å². The van der Waals surface area contributed by atoms with Crippen molar-refractivity contribution in [1.82, 2.24) is 9.55 Å². The lowest BCUT2D eigenvalue weighted by Gasteiger charge is -2.24. The molecule has 0 atom stereocenters. The van der Waals surface area contributed by atoms with E-state index in [1.54, 1.807) is 6.33 Å². The van der Waals surface area contributed by atoms with Crippen molar-refractivity contribution in [3.05, 3.63) is 17.2 Å². The molecule has 0 spiro atoms. The quantitative estimate of drug-likeness (QED) is 0.750. The Hall–Kier alpha value is -0.540. The van der Waals surface area contributed by atoms with Crippen LogP contribution in [0, 0.1) is 0 Å². The second-order valence-corrected chi connectivity index (χ2v) is 4.22. The van der Waals surface area contributed by atoms with E-state index in [4.69, 9.17) is 17.3 Å². The first kappa shape index (κ1) is 9.03. The number of halogens is 1. The van der Waals surface area contributed by atoms with Gasteiger partial charge in [0.1, 0.15) is 0 Å². The van der Waals surface area contributed by atoms with E-state index in [1.807, 2.05) is 11.6 Å². The van der Waals surface area contributed by atoms with E-state index in [2.05, 4.69) is 4.98 Å². The number of hydrogen-bond donors (Lipinski definition) is 1. The molecule has 1 aliphatic rings. The molecule has 0 bridgehead atoms. The first-order valence-electron chi connectivity index (χ1n) is 4.60. The van der Waals surface area contributed by atoms with Crippen molar-refractivity contribution in [1.29, 1.82) is 0 Å². The van der Waals surface area contributed by atoms with Crippen LogP contribution in [0.3, 0.4) is 0 Å². The standard InChI is InChI=1S/C9H14ClN3/c1-13-6-12-8(10)7(13)9(11)4-2-3-5-9/h6H,2-5,11H2,1H3. The zero-order valence-electron chi connectivity index (χ0n) is 7.76. The van der Waals surface area contributed by atoms with E-state index in [-0.39, 0.29) is 5.54 Å². The zero-order valence-corrected chi connectivity index (χ0v) is 8.51. The van der Waals surface area contributed by atoms with Gasteiger partial charge in [-0.3, -0.25) is 0 Å². The van der Waals surface area contributed by atoms with Crippen molar-refractivity contribution >= 4 is 11.6 Å². The predicted octanol–water partition coefficient (Wildman–Crippen LogP) is 1.80. The highest BCUT2D eigenvalue weighted by Gasteiger charge is 2.35. The maximum absolute atomic E-state index is 6.28. The Bertz CT molecular complexity index is 293. The van der Waals surface area contributed by atoms with Gasteiger partial charge in [-0.1, -0.05) is 24.4 Å². The molecule has 1 aromatic rings. The second kappa shape index (κ2) is 3.00. The summed E-state index contributed by atoms with van der Waals surface area (Å²) in [4.78, 5) is 4.05. The fraction of sp³-hybridized carbons (Fsp3) is 0.667. The van der Waals surface area contributed by atoms with Crippen LogP contribution in [0.5, 0.6) is 0 Å². The molecular weight excluding hydrogens is 186 g/mol. The van der Waals surface area contributed by atoms with Crippen molar-refractivity contribution in [3.8, 4) is 0 Å². The maximum Gasteiger partial charge on any atom is 0.152 e. The molecule has 2 rings (SSSR count). The summed E-state index contributed by atoms with van der Waals surface area (Å²) < 4.78 is 1.94. The Kier molecular flexibility index (Phi) is 2.08. The van der Waals surface area contributed by atoms with Crippen molar-refractivity contribution < 1.29 is 0 Å². The molecule has 1 saturated carbocycles. The number of nitrogens with zero attached hydrogens (tertiary/aromatic N) is 2. The Balaban J connectivity index is 2.43. The van der Waals surface area contributed by atoms with Gasteiger partial charge in [-0.2, -0.15) is 0 Å². The van der Waals surface area contributed by atoms with Crippen molar-refractivity contribution in [3.63, 3.8) is 0 Å². The third kappa shape index (κ3) is 1.36. The van der Waals surface area contributed by atoms with Crippen LogP contribution in [0.4, 0.5) is 0 Å². The molecule has 1 aliphatic carbocycles. The van der Waals surface area contributed by atoms with Gasteiger partial charge in [0.2, 0.25) is 0 Å². The molecule has 0 radical (unpaired) electrons. The monoisotopic (exact) mass is 199 g/mol. The molecule has 4 heteroatoms. The van der Waals surface area contributed by atoms with E-state index in [0.29, 0.717) is 5.15 Å². The van der Waals surface area contributed by atoms with Crippen LogP contribution in [-0.2, 0) is 12.6 Å². The van der Waals surface area contributed by atoms with Gasteiger partial charge < -0.3 is 10.3 Å². The van der Waals surface area contributed by atoms with Crippen LogP contribution in [0.2, 0.25) is 5.15 Å². The van der Waals surface area contributed by atoms with Gasteiger partial charge in [0, 0.05) is 7.05 Å². The van der Waals surface area contributed by atoms with Gasteiger partial charge in [0.15, 0.2) is 5.15 Å². The maximum atomic E-state index is 6.28. The van der Waals surface area contributed by atoms with Crippen LogP contribution in [-0.4, -0.2) is 9.55 Å². The summed E-state index contributed by atoms with van der Waals surface area (Å²) in [5.41, 5.74) is 7.04. The summed E-state index contributed by atoms with van der Waals surface area (Å²) in [6.07, 6.45) is 6.15. The van der Waals surface area contributed by atoms with Crippen molar-refractivity contribution in [2.45, 2.75) is 31.2 Å². The molecule has 13 heavy (non-hydrogen) atoms. The number of aryl methyl sites for hydroxylation is 1. The van der Waals surface area contributed by atoms with Gasteiger partial charge in [0.05, 0.1) is 17.6 Å². The van der Waals surface area contributed by atoms with Crippen LogP contribution in [0.1, 0.15) is 31.4 Å². The number of aromatic nitrogens is 2. The third-order valence-corrected chi connectivity index (χ3v) is 3.14. The van der Waals surface area contributed by atoms with Crippen LogP contribution in [0.25, 0.3) is 0 Å². The van der Waals surface area contributed by atoms with Crippen LogP contribution in [0.15, 0.2) is 6.33 Å². The number of nitrogens with two attached hydrogens (primary N) is 1. The van der Waals surface area contributed by atoms with E-state index < -0.39 is 0 Å². The highest BCUT2D eigenvalue weighted by Crippen LogP contribution is 2.38. The average molecular weight is 200 g/mol. The van der Waals surface area contributed by atoms with E-state index in [1.165, 1.54) is 12.8 Å². The van der Waals surface area contributed by atoms with Crippen molar-refractivity contribution in [2.24, 2.45) is 12.8 Å². The van der Waals surface area contributed by atoms with Gasteiger partial charge in [0.25, 0.3) is 0 Å². The fourth-order valence-corrected chi connectivity index (χ4v) is 2.57. The normalized spacial score (nSPS) is 20.8. The molecule has 0 saturated heterocycles. The highest BCUT2D eigenvalue weighted by molar-refractivity contribution is 6.30. The van der Waals surface area contributed by atoms with E-state index >= 15 is 0 Å². The summed E-state index contributed by atoms with van der Waals surface area (Å²) in [5, 5.41) is 0.562. The Morgan fingerprint density at radius 2 is 2.15 bits per heavy atom. The average Bonchev–Trinajstić information content (AvgIpc) is 2.60. The van der Waals surface area contributed by atoms with Crippen molar-refractivity contribution in [2.75, 3.05) is 0 Å². The van der Waals surface area contributed by atoms with Crippen LogP contribution < -0.4 is 5.73 Å². The number of rotatable bonds is 1. The lowest BCUT2D eigenvalue weighted by Crippen LogP contribution is -2.35. The summed E-state index contributed by atoms with van der Waals surface area (Å²) in [7, 11) is 1.95. The minimum atomic E-state index is -0.234.